The van der Waals surface area contributed by atoms with Gasteiger partial charge in [-0.3, -0.25) is 14.2 Å². The van der Waals surface area contributed by atoms with Crippen molar-refractivity contribution in [3.05, 3.63) is 58.0 Å². The van der Waals surface area contributed by atoms with Crippen LogP contribution in [0.2, 0.25) is 0 Å². The van der Waals surface area contributed by atoms with Crippen molar-refractivity contribution in [1.82, 2.24) is 14.5 Å². The number of hydrogen-bond donors (Lipinski definition) is 0. The third-order valence-electron chi connectivity index (χ3n) is 5.33. The molecule has 0 radical (unpaired) electrons. The van der Waals surface area contributed by atoms with Crippen LogP contribution in [-0.2, 0) is 11.3 Å². The summed E-state index contributed by atoms with van der Waals surface area (Å²) in [6.45, 7) is 0.725. The molecule has 4 rings (SSSR count). The lowest BCUT2D eigenvalue weighted by atomic mass is 10.0. The van der Waals surface area contributed by atoms with Gasteiger partial charge in [-0.15, -0.1) is 11.3 Å². The standard InChI is InChI=1S/C21H23N3O3S/c1-27-16-8-6-15(7-9-16)18-5-3-2-4-11-24(18)19(25)13-23-14-22-20-17(21(23)26)10-12-28-20/h6-10,12,14,18H,2-5,11,13H2,1H3. The van der Waals surface area contributed by atoms with E-state index in [9.17, 15) is 9.59 Å². The molecule has 1 amide bonds. The van der Waals surface area contributed by atoms with Crippen molar-refractivity contribution < 1.29 is 9.53 Å². The van der Waals surface area contributed by atoms with Gasteiger partial charge in [-0.05, 0) is 42.0 Å². The maximum atomic E-state index is 13.2. The van der Waals surface area contributed by atoms with Crippen molar-refractivity contribution in [2.24, 2.45) is 0 Å². The summed E-state index contributed by atoms with van der Waals surface area (Å²) < 4.78 is 6.68. The molecule has 2 aromatic heterocycles. The number of likely N-dealkylation sites (tertiary alicyclic amines) is 1. The average Bonchev–Trinajstić information content (AvgIpc) is 3.07. The maximum absolute atomic E-state index is 13.2. The number of carbonyl (C=O) groups excluding carboxylic acids is 1. The minimum absolute atomic E-state index is 0.0181. The summed E-state index contributed by atoms with van der Waals surface area (Å²) in [7, 11) is 1.65. The summed E-state index contributed by atoms with van der Waals surface area (Å²) in [6, 6.07) is 9.71. The Balaban J connectivity index is 1.60. The predicted octanol–water partition coefficient (Wildman–Crippen LogP) is 3.61. The third kappa shape index (κ3) is 3.67. The Bertz CT molecular complexity index is 1030. The van der Waals surface area contributed by atoms with Gasteiger partial charge in [-0.2, -0.15) is 0 Å². The fourth-order valence-electron chi connectivity index (χ4n) is 3.82. The molecule has 1 aliphatic rings. The molecular weight excluding hydrogens is 374 g/mol. The van der Waals surface area contributed by atoms with Gasteiger partial charge in [0.05, 0.1) is 24.9 Å². The minimum atomic E-state index is -0.157. The quantitative estimate of drug-likeness (QED) is 0.675. The zero-order chi connectivity index (χ0) is 19.5. The number of amides is 1. The van der Waals surface area contributed by atoms with Crippen LogP contribution in [0.1, 0.15) is 37.3 Å². The monoisotopic (exact) mass is 397 g/mol. The molecule has 1 aromatic carbocycles. The molecule has 28 heavy (non-hydrogen) atoms. The highest BCUT2D eigenvalue weighted by molar-refractivity contribution is 7.16. The largest absolute Gasteiger partial charge is 0.497 e. The highest BCUT2D eigenvalue weighted by atomic mass is 32.1. The lowest BCUT2D eigenvalue weighted by Gasteiger charge is -2.31. The van der Waals surface area contributed by atoms with Crippen molar-refractivity contribution in [3.8, 4) is 5.75 Å². The first-order valence-electron chi connectivity index (χ1n) is 9.53. The van der Waals surface area contributed by atoms with Crippen molar-refractivity contribution in [1.29, 1.82) is 0 Å². The molecule has 0 spiro atoms. The number of methoxy groups -OCH3 is 1. The summed E-state index contributed by atoms with van der Waals surface area (Å²) in [5.41, 5.74) is 0.949. The molecule has 7 heteroatoms. The van der Waals surface area contributed by atoms with Crippen LogP contribution in [0, 0.1) is 0 Å². The normalized spacial score (nSPS) is 17.5. The molecule has 0 aliphatic carbocycles. The van der Waals surface area contributed by atoms with Crippen LogP contribution < -0.4 is 10.3 Å². The van der Waals surface area contributed by atoms with E-state index in [4.69, 9.17) is 4.74 Å². The number of benzene rings is 1. The van der Waals surface area contributed by atoms with Gasteiger partial charge < -0.3 is 9.64 Å². The second kappa shape index (κ2) is 8.14. The van der Waals surface area contributed by atoms with Gasteiger partial charge in [0.1, 0.15) is 17.1 Å². The van der Waals surface area contributed by atoms with Crippen LogP contribution in [0.15, 0.2) is 46.8 Å². The van der Waals surface area contributed by atoms with Gasteiger partial charge in [-0.1, -0.05) is 25.0 Å². The second-order valence-corrected chi connectivity index (χ2v) is 7.94. The Kier molecular flexibility index (Phi) is 5.43. The van der Waals surface area contributed by atoms with E-state index < -0.39 is 0 Å². The van der Waals surface area contributed by atoms with E-state index in [1.54, 1.807) is 13.2 Å². The van der Waals surface area contributed by atoms with E-state index >= 15 is 0 Å². The smallest absolute Gasteiger partial charge is 0.262 e. The Morgan fingerprint density at radius 3 is 2.82 bits per heavy atom. The Hall–Kier alpha value is -2.67. The Labute approximate surface area is 167 Å². The van der Waals surface area contributed by atoms with Crippen LogP contribution in [0.3, 0.4) is 0 Å². The summed E-state index contributed by atoms with van der Waals surface area (Å²) in [5, 5.41) is 2.42. The molecule has 3 heterocycles. The molecule has 0 bridgehead atoms. The number of carbonyl (C=O) groups is 1. The topological polar surface area (TPSA) is 64.4 Å². The number of thiophene rings is 1. The molecule has 1 aliphatic heterocycles. The molecule has 0 saturated carbocycles. The van der Waals surface area contributed by atoms with Crippen LogP contribution in [0.25, 0.3) is 10.2 Å². The van der Waals surface area contributed by atoms with Gasteiger partial charge >= 0.3 is 0 Å². The van der Waals surface area contributed by atoms with E-state index in [2.05, 4.69) is 4.98 Å². The van der Waals surface area contributed by atoms with E-state index in [0.29, 0.717) is 16.8 Å². The maximum Gasteiger partial charge on any atom is 0.262 e. The summed E-state index contributed by atoms with van der Waals surface area (Å²) in [5.74, 6) is 0.762. The Morgan fingerprint density at radius 1 is 1.21 bits per heavy atom. The van der Waals surface area contributed by atoms with Crippen LogP contribution in [0.4, 0.5) is 0 Å². The van der Waals surface area contributed by atoms with Crippen LogP contribution in [0.5, 0.6) is 5.75 Å². The summed E-state index contributed by atoms with van der Waals surface area (Å²) in [4.78, 5) is 32.8. The van der Waals surface area contributed by atoms with Crippen molar-refractivity contribution >= 4 is 27.5 Å². The number of rotatable bonds is 4. The zero-order valence-corrected chi connectivity index (χ0v) is 16.7. The fraction of sp³-hybridized carbons (Fsp3) is 0.381. The second-order valence-electron chi connectivity index (χ2n) is 7.04. The third-order valence-corrected chi connectivity index (χ3v) is 6.15. The summed E-state index contributed by atoms with van der Waals surface area (Å²) in [6.07, 6.45) is 5.59. The van der Waals surface area contributed by atoms with Crippen molar-refractivity contribution in [2.75, 3.05) is 13.7 Å². The number of nitrogens with zero attached hydrogens (tertiary/aromatic N) is 3. The fourth-order valence-corrected chi connectivity index (χ4v) is 4.55. The van der Waals surface area contributed by atoms with E-state index in [0.717, 1.165) is 37.0 Å². The van der Waals surface area contributed by atoms with Crippen molar-refractivity contribution in [2.45, 2.75) is 38.3 Å². The van der Waals surface area contributed by atoms with Gasteiger partial charge in [0, 0.05) is 6.54 Å². The molecule has 146 valence electrons. The molecule has 0 N–H and O–H groups in total. The van der Waals surface area contributed by atoms with Crippen LogP contribution >= 0.6 is 11.3 Å². The summed E-state index contributed by atoms with van der Waals surface area (Å²) >= 11 is 1.43. The van der Waals surface area contributed by atoms with Gasteiger partial charge in [0.15, 0.2) is 0 Å². The lowest BCUT2D eigenvalue weighted by molar-refractivity contribution is -0.134. The first-order valence-corrected chi connectivity index (χ1v) is 10.4. The molecular formula is C21H23N3O3S. The zero-order valence-electron chi connectivity index (χ0n) is 15.8. The number of fused-ring (bicyclic) bond motifs is 1. The van der Waals surface area contributed by atoms with Crippen LogP contribution in [-0.4, -0.2) is 34.0 Å². The number of aromatic nitrogens is 2. The highest BCUT2D eigenvalue weighted by Crippen LogP contribution is 2.31. The lowest BCUT2D eigenvalue weighted by Crippen LogP contribution is -2.39. The SMILES string of the molecule is COc1ccc(C2CCCCCN2C(=O)Cn2cnc3sccc3c2=O)cc1. The average molecular weight is 398 g/mol. The first-order chi connectivity index (χ1) is 13.7. The van der Waals surface area contributed by atoms with Crippen molar-refractivity contribution in [3.63, 3.8) is 0 Å². The molecule has 3 aromatic rings. The highest BCUT2D eigenvalue weighted by Gasteiger charge is 2.27. The van der Waals surface area contributed by atoms with Gasteiger partial charge in [0.2, 0.25) is 5.91 Å². The molecule has 1 unspecified atom stereocenters. The van der Waals surface area contributed by atoms with E-state index in [1.807, 2.05) is 34.5 Å². The number of hydrogen-bond acceptors (Lipinski definition) is 5. The minimum Gasteiger partial charge on any atom is -0.497 e. The predicted molar refractivity (Wildman–Crippen MR) is 110 cm³/mol. The molecule has 1 fully saturated rings. The Morgan fingerprint density at radius 2 is 2.04 bits per heavy atom. The molecule has 1 atom stereocenters. The first kappa shape index (κ1) is 18.7. The number of ether oxygens (including phenoxy) is 1. The van der Waals surface area contributed by atoms with E-state index in [1.165, 1.54) is 22.2 Å². The van der Waals surface area contributed by atoms with Gasteiger partial charge in [-0.25, -0.2) is 4.98 Å². The van der Waals surface area contributed by atoms with E-state index in [-0.39, 0.29) is 24.1 Å². The molecule has 1 saturated heterocycles. The van der Waals surface area contributed by atoms with Gasteiger partial charge in [0.25, 0.3) is 5.56 Å². The molecule has 6 nitrogen and oxygen atoms in total.